The molecule has 4 bridgehead atoms. The lowest BCUT2D eigenvalue weighted by molar-refractivity contribution is -0.151. The van der Waals surface area contributed by atoms with Crippen molar-refractivity contribution in [3.05, 3.63) is 51.4 Å². The van der Waals surface area contributed by atoms with Gasteiger partial charge in [0.15, 0.2) is 0 Å². The number of aromatic nitrogens is 2. The normalized spacial score (nSPS) is 30.3. The summed E-state index contributed by atoms with van der Waals surface area (Å²) in [6.07, 6.45) is 7.28. The molecule has 0 aliphatic heterocycles. The summed E-state index contributed by atoms with van der Waals surface area (Å²) in [5.74, 6) is 0.918. The molecule has 1 heterocycles. The summed E-state index contributed by atoms with van der Waals surface area (Å²) in [7, 11) is 1.62. The van der Waals surface area contributed by atoms with Gasteiger partial charge < -0.3 is 15.2 Å². The van der Waals surface area contributed by atoms with Crippen LogP contribution in [0.2, 0.25) is 5.02 Å². The Morgan fingerprint density at radius 1 is 1.31 bits per heavy atom. The van der Waals surface area contributed by atoms with Gasteiger partial charge in [-0.05, 0) is 73.5 Å². The molecule has 1 aromatic heterocycles. The SMILES string of the molecule is COc1cccc(CNc2cnn(C34C[C@@H]5C[C@@H](CC(CC(=O)O)(C5)C3)C4)c(=O)c2Cl)c1. The van der Waals surface area contributed by atoms with E-state index in [-0.39, 0.29) is 22.4 Å². The maximum atomic E-state index is 13.3. The lowest BCUT2D eigenvalue weighted by Crippen LogP contribution is -2.59. The summed E-state index contributed by atoms with van der Waals surface area (Å²) >= 11 is 6.53. The number of carboxylic acids is 1. The van der Waals surface area contributed by atoms with Crippen LogP contribution in [0.5, 0.6) is 5.75 Å². The Morgan fingerprint density at radius 3 is 2.75 bits per heavy atom. The minimum absolute atomic E-state index is 0.130. The van der Waals surface area contributed by atoms with Crippen molar-refractivity contribution >= 4 is 23.3 Å². The molecule has 170 valence electrons. The van der Waals surface area contributed by atoms with E-state index in [2.05, 4.69) is 10.4 Å². The lowest BCUT2D eigenvalue weighted by atomic mass is 9.46. The fourth-order valence-electron chi connectivity index (χ4n) is 7.05. The molecular formula is C24H28ClN3O4. The van der Waals surface area contributed by atoms with Crippen molar-refractivity contribution in [2.24, 2.45) is 17.3 Å². The molecule has 8 heteroatoms. The Kier molecular flexibility index (Phi) is 5.19. The minimum Gasteiger partial charge on any atom is -0.497 e. The molecule has 4 aliphatic rings. The largest absolute Gasteiger partial charge is 0.497 e. The molecule has 4 aliphatic carbocycles. The third kappa shape index (κ3) is 3.66. The van der Waals surface area contributed by atoms with Crippen LogP contribution >= 0.6 is 11.6 Å². The second kappa shape index (κ2) is 7.80. The first-order valence-electron chi connectivity index (χ1n) is 11.2. The molecule has 4 fully saturated rings. The van der Waals surface area contributed by atoms with Crippen LogP contribution in [-0.2, 0) is 16.9 Å². The van der Waals surface area contributed by atoms with Crippen molar-refractivity contribution in [2.45, 2.75) is 57.0 Å². The number of halogens is 1. The first kappa shape index (κ1) is 21.3. The van der Waals surface area contributed by atoms with E-state index in [1.54, 1.807) is 18.0 Å². The lowest BCUT2D eigenvalue weighted by Gasteiger charge is -2.61. The van der Waals surface area contributed by atoms with E-state index >= 15 is 0 Å². The number of nitrogens with one attached hydrogen (secondary N) is 1. The van der Waals surface area contributed by atoms with E-state index < -0.39 is 11.5 Å². The fraction of sp³-hybridized carbons (Fsp3) is 0.542. The summed E-state index contributed by atoms with van der Waals surface area (Å²) in [4.78, 5) is 24.9. The van der Waals surface area contributed by atoms with Crippen molar-refractivity contribution in [1.29, 1.82) is 0 Å². The maximum absolute atomic E-state index is 13.3. The van der Waals surface area contributed by atoms with E-state index in [9.17, 15) is 14.7 Å². The Balaban J connectivity index is 1.42. The minimum atomic E-state index is -0.752. The summed E-state index contributed by atoms with van der Waals surface area (Å²) in [5, 5.41) is 17.4. The first-order chi connectivity index (χ1) is 15.3. The zero-order chi connectivity index (χ0) is 22.5. The van der Waals surface area contributed by atoms with E-state index in [0.29, 0.717) is 30.5 Å². The molecule has 4 atom stereocenters. The molecule has 7 nitrogen and oxygen atoms in total. The van der Waals surface area contributed by atoms with Gasteiger partial charge in [0.1, 0.15) is 10.8 Å². The smallest absolute Gasteiger partial charge is 0.303 e. The van der Waals surface area contributed by atoms with E-state index in [0.717, 1.165) is 43.4 Å². The van der Waals surface area contributed by atoms with Crippen LogP contribution in [0, 0.1) is 17.3 Å². The number of anilines is 1. The number of carbonyl (C=O) groups is 1. The topological polar surface area (TPSA) is 93.4 Å². The van der Waals surface area contributed by atoms with E-state index in [4.69, 9.17) is 16.3 Å². The van der Waals surface area contributed by atoms with Crippen LogP contribution in [0.3, 0.4) is 0 Å². The number of carboxylic acid groups (broad SMARTS) is 1. The average molecular weight is 458 g/mol. The van der Waals surface area contributed by atoms with Crippen LogP contribution in [-0.4, -0.2) is 28.0 Å². The van der Waals surface area contributed by atoms with Gasteiger partial charge >= 0.3 is 5.97 Å². The van der Waals surface area contributed by atoms with Crippen molar-refractivity contribution in [1.82, 2.24) is 9.78 Å². The predicted molar refractivity (Wildman–Crippen MR) is 121 cm³/mol. The molecule has 0 spiro atoms. The van der Waals surface area contributed by atoms with Gasteiger partial charge in [-0.2, -0.15) is 5.10 Å². The van der Waals surface area contributed by atoms with Gasteiger partial charge in [0.25, 0.3) is 5.56 Å². The van der Waals surface area contributed by atoms with Crippen LogP contribution < -0.4 is 15.6 Å². The summed E-state index contributed by atoms with van der Waals surface area (Å²) in [6.45, 7) is 0.485. The third-order valence-electron chi connectivity index (χ3n) is 7.66. The molecule has 1 aromatic carbocycles. The number of rotatable bonds is 7. The summed E-state index contributed by atoms with van der Waals surface area (Å²) in [5.41, 5.74) is 0.551. The Hall–Kier alpha value is -2.54. The quantitative estimate of drug-likeness (QED) is 0.644. The van der Waals surface area contributed by atoms with Gasteiger partial charge in [-0.25, -0.2) is 4.68 Å². The standard InChI is InChI=1S/C24H28ClN3O4/c1-32-18-4-2-3-15(6-18)12-26-19-13-27-28(22(31)21(19)25)24-9-16-5-17(10-24)8-23(7-16,14-24)11-20(29)30/h2-4,6,13,16-17,26H,5,7-12,14H2,1H3,(H,29,30)/t16-,17+,23?,24?. The maximum Gasteiger partial charge on any atom is 0.303 e. The van der Waals surface area contributed by atoms with Crippen molar-refractivity contribution in [3.8, 4) is 5.75 Å². The van der Waals surface area contributed by atoms with Gasteiger partial charge in [-0.15, -0.1) is 0 Å². The van der Waals surface area contributed by atoms with Gasteiger partial charge in [0.2, 0.25) is 0 Å². The highest BCUT2D eigenvalue weighted by atomic mass is 35.5. The molecule has 6 rings (SSSR count). The van der Waals surface area contributed by atoms with Crippen LogP contribution in [0.15, 0.2) is 35.3 Å². The van der Waals surface area contributed by atoms with E-state index in [1.807, 2.05) is 24.3 Å². The Bertz CT molecular complexity index is 1100. The summed E-state index contributed by atoms with van der Waals surface area (Å²) < 4.78 is 6.84. The highest BCUT2D eigenvalue weighted by molar-refractivity contribution is 6.32. The second-order valence-electron chi connectivity index (χ2n) is 10.1. The molecule has 0 saturated heterocycles. The van der Waals surface area contributed by atoms with Gasteiger partial charge in [-0.3, -0.25) is 9.59 Å². The number of nitrogens with zero attached hydrogens (tertiary/aromatic N) is 2. The third-order valence-corrected chi connectivity index (χ3v) is 8.03. The zero-order valence-corrected chi connectivity index (χ0v) is 18.9. The van der Waals surface area contributed by atoms with Crippen molar-refractivity contribution in [2.75, 3.05) is 12.4 Å². The highest BCUT2D eigenvalue weighted by Gasteiger charge is 2.59. The van der Waals surface area contributed by atoms with Gasteiger partial charge in [-0.1, -0.05) is 23.7 Å². The molecule has 32 heavy (non-hydrogen) atoms. The molecule has 2 aromatic rings. The number of hydrogen-bond donors (Lipinski definition) is 2. The molecular weight excluding hydrogens is 430 g/mol. The average Bonchev–Trinajstić information content (AvgIpc) is 2.73. The number of hydrogen-bond acceptors (Lipinski definition) is 5. The van der Waals surface area contributed by atoms with E-state index in [1.165, 1.54) is 0 Å². The second-order valence-corrected chi connectivity index (χ2v) is 10.4. The Labute approximate surface area is 191 Å². The first-order valence-corrected chi connectivity index (χ1v) is 11.6. The van der Waals surface area contributed by atoms with Crippen LogP contribution in [0.4, 0.5) is 5.69 Å². The zero-order valence-electron chi connectivity index (χ0n) is 18.1. The molecule has 4 saturated carbocycles. The fourth-order valence-corrected chi connectivity index (χ4v) is 7.25. The number of benzene rings is 1. The molecule has 0 radical (unpaired) electrons. The van der Waals surface area contributed by atoms with Crippen LogP contribution in [0.1, 0.15) is 50.5 Å². The molecule has 2 unspecified atom stereocenters. The number of ether oxygens (including phenoxy) is 1. The molecule has 2 N–H and O–H groups in total. The predicted octanol–water partition coefficient (Wildman–Crippen LogP) is 4.29. The Morgan fingerprint density at radius 2 is 2.06 bits per heavy atom. The number of aliphatic carboxylic acids is 1. The summed E-state index contributed by atoms with van der Waals surface area (Å²) in [6, 6.07) is 7.68. The highest BCUT2D eigenvalue weighted by Crippen LogP contribution is 2.65. The molecule has 0 amide bonds. The van der Waals surface area contributed by atoms with Crippen LogP contribution in [0.25, 0.3) is 0 Å². The van der Waals surface area contributed by atoms with Crippen molar-refractivity contribution < 1.29 is 14.6 Å². The van der Waals surface area contributed by atoms with Crippen molar-refractivity contribution in [3.63, 3.8) is 0 Å². The number of methoxy groups -OCH3 is 1. The van der Waals surface area contributed by atoms with Gasteiger partial charge in [0.05, 0.1) is 31.0 Å². The monoisotopic (exact) mass is 457 g/mol. The van der Waals surface area contributed by atoms with Gasteiger partial charge in [0, 0.05) is 6.54 Å².